The number of nitrogens with zero attached hydrogens (tertiary/aromatic N) is 5. The van der Waals surface area contributed by atoms with Gasteiger partial charge in [0.1, 0.15) is 36.3 Å². The van der Waals surface area contributed by atoms with Crippen LogP contribution in [0.1, 0.15) is 46.3 Å². The van der Waals surface area contributed by atoms with E-state index in [4.69, 9.17) is 38.3 Å². The molecule has 372 valence electrons. The molecule has 31 heteroatoms. The monoisotopic (exact) mass is 1000 g/mol. The lowest BCUT2D eigenvalue weighted by Crippen LogP contribution is -2.46. The van der Waals surface area contributed by atoms with Crippen LogP contribution in [0.15, 0.2) is 12.7 Å². The smallest absolute Gasteiger partial charge is 0.386 e. The van der Waals surface area contributed by atoms with Gasteiger partial charge >= 0.3 is 16.4 Å². The van der Waals surface area contributed by atoms with E-state index >= 15 is 0 Å². The van der Waals surface area contributed by atoms with Gasteiger partial charge < -0.3 is 75.2 Å². The maximum Gasteiger partial charge on any atom is 0.470 e. The summed E-state index contributed by atoms with van der Waals surface area (Å²) in [6, 6.07) is 0. The molecule has 11 N–H and O–H groups in total. The fraction of sp³-hybridized carbons (Fsp3) is 0.714. The lowest BCUT2D eigenvalue weighted by Gasteiger charge is -2.30. The number of thioether (sulfide) groups is 1. The van der Waals surface area contributed by atoms with Gasteiger partial charge in [-0.05, 0) is 6.92 Å². The summed E-state index contributed by atoms with van der Waals surface area (Å²) in [6.45, 7) is 3.03. The van der Waals surface area contributed by atoms with Gasteiger partial charge in [0.15, 0.2) is 17.7 Å². The Balaban J connectivity index is 1.09. The van der Waals surface area contributed by atoms with Crippen LogP contribution in [0.2, 0.25) is 0 Å². The Morgan fingerprint density at radius 2 is 1.76 bits per heavy atom. The zero-order valence-electron chi connectivity index (χ0n) is 36.2. The number of phosphoric acid groups is 1. The number of ether oxygens (including phenoxy) is 4. The summed E-state index contributed by atoms with van der Waals surface area (Å²) < 4.78 is 49.1. The highest BCUT2D eigenvalue weighted by atomic mass is 32.2. The standard InChI is InChI=1S/C35H57N9O19P2S/c1-4-57-12-13-58-11-6-23(46)37-8-10-43-24(47)15-21(32(43)51)66-14-9-38-22(45)5-7-39-31(50)28(49)35(2,3)17-60-64(53)62-34(52)59-16-20-27(63-65(54,55)56)26(48)33(61-20)44-19-42-25-29(36)40-18-41-30(25)44/h18-21,26-28,33-34,48-49,52-53H,4-17H2,1-3H3,(H,37,46)(H,38,45)(H,39,50)(H2,36,40,41)(H2,54,55,56)/t20-,21?,26+,27?,28+,33-,34?,64?/m1/s1. The first-order chi connectivity index (χ1) is 31.2. The molecule has 0 spiro atoms. The number of nitrogens with one attached hydrogen (secondary N) is 3. The van der Waals surface area contributed by atoms with Gasteiger partial charge in [-0.25, -0.2) is 19.5 Å². The zero-order valence-corrected chi connectivity index (χ0v) is 38.8. The van der Waals surface area contributed by atoms with Gasteiger partial charge in [-0.3, -0.25) is 42.5 Å². The third-order valence-electron chi connectivity index (χ3n) is 9.65. The van der Waals surface area contributed by atoms with Gasteiger partial charge in [-0.2, -0.15) is 0 Å². The second kappa shape index (κ2) is 26.2. The molecule has 28 nitrogen and oxygen atoms in total. The quantitative estimate of drug-likeness (QED) is 0.0163. The number of hydrogen-bond donors (Lipinski definition) is 10. The maximum absolute atomic E-state index is 12.8. The maximum atomic E-state index is 12.8. The number of phosphoric ester groups is 1. The van der Waals surface area contributed by atoms with Crippen molar-refractivity contribution in [2.45, 2.75) is 82.4 Å². The number of anilines is 1. The van der Waals surface area contributed by atoms with Crippen molar-refractivity contribution in [2.24, 2.45) is 5.41 Å². The number of carbonyl (C=O) groups excluding carboxylic acids is 5. The molecule has 0 aromatic carbocycles. The second-order valence-electron chi connectivity index (χ2n) is 15.1. The van der Waals surface area contributed by atoms with Gasteiger partial charge in [-0.1, -0.05) is 13.8 Å². The fourth-order valence-corrected chi connectivity index (χ4v) is 8.55. The molecule has 2 fully saturated rings. The Bertz CT molecular complexity index is 1980. The van der Waals surface area contributed by atoms with Crippen LogP contribution < -0.4 is 21.7 Å². The average Bonchev–Trinajstić information content (AvgIpc) is 3.90. The lowest BCUT2D eigenvalue weighted by atomic mass is 9.87. The van der Waals surface area contributed by atoms with Gasteiger partial charge in [0, 0.05) is 63.2 Å². The molecule has 0 bridgehead atoms. The molecular weight excluding hydrogens is 944 g/mol. The van der Waals surface area contributed by atoms with Gasteiger partial charge in [0.2, 0.25) is 29.5 Å². The van der Waals surface area contributed by atoms with Crippen molar-refractivity contribution in [3.05, 3.63) is 12.7 Å². The molecule has 4 unspecified atom stereocenters. The number of imide groups is 1. The van der Waals surface area contributed by atoms with Crippen LogP contribution in [0.3, 0.4) is 0 Å². The summed E-state index contributed by atoms with van der Waals surface area (Å²) in [5.41, 5.74) is 4.72. The van der Waals surface area contributed by atoms with E-state index in [-0.39, 0.29) is 86.8 Å². The first-order valence-electron chi connectivity index (χ1n) is 20.4. The molecule has 0 aliphatic carbocycles. The van der Waals surface area contributed by atoms with Crippen molar-refractivity contribution in [1.82, 2.24) is 40.4 Å². The van der Waals surface area contributed by atoms with Crippen molar-refractivity contribution in [3.63, 3.8) is 0 Å². The highest BCUT2D eigenvalue weighted by molar-refractivity contribution is 8.00. The van der Waals surface area contributed by atoms with E-state index in [0.717, 1.165) is 11.2 Å². The zero-order chi connectivity index (χ0) is 48.6. The van der Waals surface area contributed by atoms with Crippen LogP contribution in [0.5, 0.6) is 0 Å². The van der Waals surface area contributed by atoms with Crippen LogP contribution in [0, 0.1) is 5.41 Å². The number of imidazole rings is 1. The molecule has 5 amide bonds. The predicted octanol–water partition coefficient (Wildman–Crippen LogP) is -2.88. The normalized spacial score (nSPS) is 21.6. The Hall–Kier alpha value is -3.61. The molecule has 8 atom stereocenters. The third-order valence-corrected chi connectivity index (χ3v) is 12.1. The van der Waals surface area contributed by atoms with Crippen LogP contribution >= 0.6 is 28.2 Å². The van der Waals surface area contributed by atoms with E-state index < -0.39 is 89.2 Å². The Morgan fingerprint density at radius 1 is 1.05 bits per heavy atom. The number of aromatic nitrogens is 4. The molecule has 4 rings (SSSR count). The highest BCUT2D eigenvalue weighted by Crippen LogP contribution is 2.45. The van der Waals surface area contributed by atoms with Crippen molar-refractivity contribution < 1.29 is 91.1 Å². The number of fused-ring (bicyclic) bond motifs is 1. The highest BCUT2D eigenvalue weighted by Gasteiger charge is 2.49. The van der Waals surface area contributed by atoms with E-state index in [9.17, 15) is 58.5 Å². The molecule has 66 heavy (non-hydrogen) atoms. The average molecular weight is 1000 g/mol. The van der Waals surface area contributed by atoms with E-state index in [1.54, 1.807) is 0 Å². The third kappa shape index (κ3) is 16.9. The van der Waals surface area contributed by atoms with Crippen molar-refractivity contribution in [1.29, 1.82) is 0 Å². The lowest BCUT2D eigenvalue weighted by molar-refractivity contribution is -0.236. The number of likely N-dealkylation sites (tertiary alicyclic amines) is 1. The first-order valence-corrected chi connectivity index (χ1v) is 24.1. The topological polar surface area (TPSA) is 397 Å². The fourth-order valence-electron chi connectivity index (χ4n) is 6.22. The van der Waals surface area contributed by atoms with Crippen LogP contribution in [0.4, 0.5) is 5.82 Å². The van der Waals surface area contributed by atoms with Crippen LogP contribution in [0.25, 0.3) is 11.2 Å². The summed E-state index contributed by atoms with van der Waals surface area (Å²) in [5.74, 6) is -1.98. The summed E-state index contributed by atoms with van der Waals surface area (Å²) in [4.78, 5) is 104. The molecule has 0 radical (unpaired) electrons. The van der Waals surface area contributed by atoms with E-state index in [1.165, 1.54) is 36.5 Å². The minimum absolute atomic E-state index is 0.00914. The van der Waals surface area contributed by atoms with E-state index in [0.29, 0.717) is 25.6 Å². The van der Waals surface area contributed by atoms with Gasteiger partial charge in [0.05, 0.1) is 44.6 Å². The summed E-state index contributed by atoms with van der Waals surface area (Å²) in [7, 11) is -8.12. The van der Waals surface area contributed by atoms with Crippen molar-refractivity contribution >= 4 is 74.7 Å². The number of carbonyl (C=O) groups is 5. The summed E-state index contributed by atoms with van der Waals surface area (Å²) >= 11 is 1.20. The number of nitrogen functional groups attached to an aromatic ring is 1. The Morgan fingerprint density at radius 3 is 2.48 bits per heavy atom. The van der Waals surface area contributed by atoms with Crippen molar-refractivity contribution in [3.8, 4) is 0 Å². The Labute approximate surface area is 383 Å². The number of hydrogen-bond acceptors (Lipinski definition) is 22. The van der Waals surface area contributed by atoms with Crippen LogP contribution in [-0.2, 0) is 61.1 Å². The van der Waals surface area contributed by atoms with E-state index in [2.05, 4.69) is 30.9 Å². The molecule has 2 saturated heterocycles. The molecular formula is C35H57N9O19P2S. The second-order valence-corrected chi connectivity index (χ2v) is 18.5. The molecule has 2 aliphatic rings. The van der Waals surface area contributed by atoms with Gasteiger partial charge in [0.25, 0.3) is 6.48 Å². The number of aliphatic hydroxyl groups is 3. The van der Waals surface area contributed by atoms with Crippen LogP contribution in [-0.4, -0.2) is 192 Å². The number of nitrogens with two attached hydrogens (primary N) is 1. The first kappa shape index (κ1) is 55.0. The number of aliphatic hydroxyl groups excluding tert-OH is 3. The SMILES string of the molecule is CCOCCOCCC(=O)NCCN1C(=O)CC(SCCNC(=O)CCNC(=O)[C@H](O)C(C)(C)COP(O)OC(O)OC[C@H]2O[C@@H](n3cnc4c(N)ncnc43)[C@@H](O)C2OP(=O)(O)O)C1=O. The summed E-state index contributed by atoms with van der Waals surface area (Å²) in [6.07, 6.45) is -5.70. The molecule has 2 aromatic heterocycles. The number of rotatable bonds is 30. The molecule has 4 heterocycles. The van der Waals surface area contributed by atoms with Crippen molar-refractivity contribution in [2.75, 3.05) is 77.3 Å². The Kier molecular flexibility index (Phi) is 21.9. The van der Waals surface area contributed by atoms with Gasteiger partial charge in [-0.15, -0.1) is 11.8 Å². The molecule has 2 aromatic rings. The predicted molar refractivity (Wildman–Crippen MR) is 228 cm³/mol. The minimum Gasteiger partial charge on any atom is -0.386 e. The molecule has 0 saturated carbocycles. The summed E-state index contributed by atoms with van der Waals surface area (Å²) in [5, 5.41) is 39.0. The largest absolute Gasteiger partial charge is 0.470 e. The van der Waals surface area contributed by atoms with E-state index in [1.807, 2.05) is 6.92 Å². The molecule has 2 aliphatic heterocycles. The minimum atomic E-state index is -5.20. The number of amides is 5.